The van der Waals surface area contributed by atoms with Crippen LogP contribution in [0.4, 0.5) is 24.7 Å². The third-order valence-electron chi connectivity index (χ3n) is 5.32. The normalized spacial score (nSPS) is 15.3. The Hall–Kier alpha value is -3.37. The van der Waals surface area contributed by atoms with Crippen molar-refractivity contribution in [2.24, 2.45) is 7.05 Å². The van der Waals surface area contributed by atoms with Crippen LogP contribution in [-0.2, 0) is 13.2 Å². The Labute approximate surface area is 174 Å². The summed E-state index contributed by atoms with van der Waals surface area (Å²) in [6, 6.07) is 2.48. The van der Waals surface area contributed by atoms with Crippen molar-refractivity contribution in [1.82, 2.24) is 19.1 Å². The molecule has 1 aliphatic carbocycles. The van der Waals surface area contributed by atoms with E-state index in [9.17, 15) is 22.8 Å². The SMILES string of the molecule is Cc1nc(N[C@H](C)c2cc(N)cc(C(F)(F)F)c2)c2c(=O)n(C3CC3)c(=O)n(C)c2n1. The van der Waals surface area contributed by atoms with Crippen LogP contribution in [-0.4, -0.2) is 19.1 Å². The smallest absolute Gasteiger partial charge is 0.399 e. The van der Waals surface area contributed by atoms with Crippen LogP contribution in [0.25, 0.3) is 11.0 Å². The molecule has 4 rings (SSSR count). The van der Waals surface area contributed by atoms with Crippen LogP contribution >= 0.6 is 0 Å². The van der Waals surface area contributed by atoms with Crippen molar-refractivity contribution in [2.45, 2.75) is 44.9 Å². The maximum Gasteiger partial charge on any atom is 0.416 e. The molecule has 2 aromatic heterocycles. The van der Waals surface area contributed by atoms with Crippen molar-refractivity contribution in [3.63, 3.8) is 0 Å². The maximum absolute atomic E-state index is 13.2. The number of rotatable bonds is 4. The summed E-state index contributed by atoms with van der Waals surface area (Å²) in [6.07, 6.45) is -3.08. The predicted octanol–water partition coefficient (Wildman–Crippen LogP) is 2.91. The Morgan fingerprint density at radius 1 is 1.19 bits per heavy atom. The molecule has 0 radical (unpaired) electrons. The summed E-state index contributed by atoms with van der Waals surface area (Å²) in [5.74, 6) is 0.463. The zero-order valence-electron chi connectivity index (χ0n) is 17.1. The van der Waals surface area contributed by atoms with Gasteiger partial charge in [0.15, 0.2) is 5.65 Å². The Bertz CT molecular complexity index is 1310. The molecule has 1 aliphatic rings. The molecule has 0 bridgehead atoms. The molecule has 164 valence electrons. The molecule has 8 nitrogen and oxygen atoms in total. The quantitative estimate of drug-likeness (QED) is 0.612. The first-order valence-electron chi connectivity index (χ1n) is 9.71. The van der Waals surface area contributed by atoms with Crippen molar-refractivity contribution in [2.75, 3.05) is 11.1 Å². The van der Waals surface area contributed by atoms with Crippen LogP contribution in [0.5, 0.6) is 0 Å². The Balaban J connectivity index is 1.85. The van der Waals surface area contributed by atoms with Gasteiger partial charge >= 0.3 is 11.9 Å². The van der Waals surface area contributed by atoms with E-state index in [0.29, 0.717) is 5.82 Å². The van der Waals surface area contributed by atoms with Gasteiger partial charge in [0.25, 0.3) is 5.56 Å². The highest BCUT2D eigenvalue weighted by atomic mass is 19.4. The maximum atomic E-state index is 13.2. The molecule has 2 heterocycles. The minimum Gasteiger partial charge on any atom is -0.399 e. The van der Waals surface area contributed by atoms with Crippen LogP contribution in [0.15, 0.2) is 27.8 Å². The molecule has 0 aliphatic heterocycles. The molecule has 1 atom stereocenters. The van der Waals surface area contributed by atoms with Crippen molar-refractivity contribution in [3.8, 4) is 0 Å². The molecule has 3 aromatic rings. The van der Waals surface area contributed by atoms with Gasteiger partial charge in [-0.2, -0.15) is 13.2 Å². The molecule has 0 unspecified atom stereocenters. The first-order chi connectivity index (χ1) is 14.5. The third kappa shape index (κ3) is 3.75. The minimum absolute atomic E-state index is 0.0271. The highest BCUT2D eigenvalue weighted by molar-refractivity contribution is 5.86. The van der Waals surface area contributed by atoms with E-state index in [-0.39, 0.29) is 34.1 Å². The number of nitrogen functional groups attached to an aromatic ring is 1. The Kier molecular flexibility index (Phi) is 4.78. The molecule has 0 amide bonds. The van der Waals surface area contributed by atoms with Gasteiger partial charge in [0.2, 0.25) is 0 Å². The molecule has 1 saturated carbocycles. The molecule has 0 saturated heterocycles. The summed E-state index contributed by atoms with van der Waals surface area (Å²) in [5.41, 5.74) is 4.26. The van der Waals surface area contributed by atoms with Gasteiger partial charge in [-0.15, -0.1) is 0 Å². The number of anilines is 2. The topological polar surface area (TPSA) is 108 Å². The van der Waals surface area contributed by atoms with E-state index in [4.69, 9.17) is 5.73 Å². The molecular formula is C20H21F3N6O2. The van der Waals surface area contributed by atoms with Gasteiger partial charge < -0.3 is 11.1 Å². The van der Waals surface area contributed by atoms with E-state index in [2.05, 4.69) is 15.3 Å². The lowest BCUT2D eigenvalue weighted by Gasteiger charge is -2.19. The van der Waals surface area contributed by atoms with Crippen molar-refractivity contribution in [3.05, 3.63) is 56.0 Å². The number of aryl methyl sites for hydroxylation is 2. The van der Waals surface area contributed by atoms with Crippen LogP contribution < -0.4 is 22.3 Å². The van der Waals surface area contributed by atoms with Gasteiger partial charge in [0.1, 0.15) is 17.0 Å². The molecule has 3 N–H and O–H groups in total. The lowest BCUT2D eigenvalue weighted by molar-refractivity contribution is -0.137. The summed E-state index contributed by atoms with van der Waals surface area (Å²) in [6.45, 7) is 3.24. The first-order valence-corrected chi connectivity index (χ1v) is 9.71. The molecule has 0 spiro atoms. The van der Waals surface area contributed by atoms with Gasteiger partial charge in [0.05, 0.1) is 11.6 Å². The fourth-order valence-electron chi connectivity index (χ4n) is 3.59. The van der Waals surface area contributed by atoms with E-state index in [0.717, 1.165) is 25.0 Å². The number of nitrogens with two attached hydrogens (primary N) is 1. The monoisotopic (exact) mass is 434 g/mol. The van der Waals surface area contributed by atoms with Gasteiger partial charge in [-0.25, -0.2) is 14.8 Å². The van der Waals surface area contributed by atoms with Crippen LogP contribution in [0, 0.1) is 6.92 Å². The summed E-state index contributed by atoms with van der Waals surface area (Å²) in [7, 11) is 1.52. The van der Waals surface area contributed by atoms with Gasteiger partial charge in [-0.05, 0) is 50.5 Å². The first kappa shape index (κ1) is 20.9. The standard InChI is InChI=1S/C20H21F3N6O2/c1-9(11-6-12(20(21,22)23)8-13(24)7-11)25-16-15-17(27-10(2)26-16)28(3)19(31)29(18(15)30)14-4-5-14/h6-9,14H,4-5,24H2,1-3H3,(H,25,26,27)/t9-/m1/s1. The number of nitrogens with zero attached hydrogens (tertiary/aromatic N) is 4. The second-order valence-electron chi connectivity index (χ2n) is 7.82. The van der Waals surface area contributed by atoms with E-state index < -0.39 is 29.0 Å². The highest BCUT2D eigenvalue weighted by Gasteiger charge is 2.32. The molecule has 1 fully saturated rings. The zero-order chi connectivity index (χ0) is 22.7. The van der Waals surface area contributed by atoms with Gasteiger partial charge in [-0.3, -0.25) is 13.9 Å². The Morgan fingerprint density at radius 2 is 1.87 bits per heavy atom. The number of aromatic nitrogens is 4. The van der Waals surface area contributed by atoms with E-state index in [1.165, 1.54) is 22.2 Å². The van der Waals surface area contributed by atoms with Crippen LogP contribution in [0.1, 0.15) is 48.8 Å². The fourth-order valence-corrected chi connectivity index (χ4v) is 3.59. The zero-order valence-corrected chi connectivity index (χ0v) is 17.1. The summed E-state index contributed by atoms with van der Waals surface area (Å²) in [4.78, 5) is 34.3. The second kappa shape index (κ2) is 7.10. The second-order valence-corrected chi connectivity index (χ2v) is 7.82. The summed E-state index contributed by atoms with van der Waals surface area (Å²) < 4.78 is 42.0. The fraction of sp³-hybridized carbons (Fsp3) is 0.400. The number of alkyl halides is 3. The van der Waals surface area contributed by atoms with Crippen LogP contribution in [0.3, 0.4) is 0 Å². The number of hydrogen-bond acceptors (Lipinski definition) is 6. The molecular weight excluding hydrogens is 413 g/mol. The number of nitrogens with one attached hydrogen (secondary N) is 1. The Morgan fingerprint density at radius 3 is 2.48 bits per heavy atom. The van der Waals surface area contributed by atoms with E-state index in [1.807, 2.05) is 0 Å². The minimum atomic E-state index is -4.54. The van der Waals surface area contributed by atoms with Crippen molar-refractivity contribution >= 4 is 22.5 Å². The van der Waals surface area contributed by atoms with Gasteiger partial charge in [-0.1, -0.05) is 0 Å². The molecule has 11 heteroatoms. The van der Waals surface area contributed by atoms with E-state index in [1.54, 1.807) is 13.8 Å². The molecule has 31 heavy (non-hydrogen) atoms. The largest absolute Gasteiger partial charge is 0.416 e. The highest BCUT2D eigenvalue weighted by Crippen LogP contribution is 2.34. The number of hydrogen-bond donors (Lipinski definition) is 2. The number of fused-ring (bicyclic) bond motifs is 1. The lowest BCUT2D eigenvalue weighted by Crippen LogP contribution is -2.39. The number of halogens is 3. The summed E-state index contributed by atoms with van der Waals surface area (Å²) >= 11 is 0. The molecule has 1 aromatic carbocycles. The van der Waals surface area contributed by atoms with Crippen LogP contribution in [0.2, 0.25) is 0 Å². The van der Waals surface area contributed by atoms with Crippen molar-refractivity contribution in [1.29, 1.82) is 0 Å². The van der Waals surface area contributed by atoms with Gasteiger partial charge in [0, 0.05) is 18.8 Å². The lowest BCUT2D eigenvalue weighted by atomic mass is 10.0. The van der Waals surface area contributed by atoms with Crippen molar-refractivity contribution < 1.29 is 13.2 Å². The predicted molar refractivity (Wildman–Crippen MR) is 110 cm³/mol. The summed E-state index contributed by atoms with van der Waals surface area (Å²) in [5, 5.41) is 3.14. The number of benzene rings is 1. The average molecular weight is 434 g/mol. The third-order valence-corrected chi connectivity index (χ3v) is 5.32. The average Bonchev–Trinajstić information content (AvgIpc) is 3.49. The van der Waals surface area contributed by atoms with E-state index >= 15 is 0 Å².